The second kappa shape index (κ2) is 7.21. The van der Waals surface area contributed by atoms with Gasteiger partial charge in [-0.25, -0.2) is 9.99 Å². The molecule has 4 rings (SSSR count). The fourth-order valence-electron chi connectivity index (χ4n) is 3.36. The van der Waals surface area contributed by atoms with Crippen molar-refractivity contribution in [3.05, 3.63) is 70.1 Å². The summed E-state index contributed by atoms with van der Waals surface area (Å²) in [5, 5.41) is 9.76. The normalized spacial score (nSPS) is 18.6. The van der Waals surface area contributed by atoms with Crippen molar-refractivity contribution in [2.24, 2.45) is 0 Å². The molecule has 0 aliphatic carbocycles. The molecule has 148 valence electrons. The number of rotatable bonds is 4. The number of alkyl halides is 1. The highest BCUT2D eigenvalue weighted by Crippen LogP contribution is 2.37. The number of carbonyl (C=O) groups is 2. The van der Waals surface area contributed by atoms with Crippen LogP contribution in [0.3, 0.4) is 0 Å². The number of hydrogen-bond acceptors (Lipinski definition) is 5. The van der Waals surface area contributed by atoms with Crippen LogP contribution in [0.1, 0.15) is 17.3 Å². The molecule has 3 aromatic rings. The van der Waals surface area contributed by atoms with Gasteiger partial charge in [0.15, 0.2) is 0 Å². The van der Waals surface area contributed by atoms with Gasteiger partial charge in [0.25, 0.3) is 17.4 Å². The number of halogens is 1. The number of benzene rings is 2. The van der Waals surface area contributed by atoms with Gasteiger partial charge in [0.05, 0.1) is 11.0 Å². The molecular weight excluding hydrogens is 396 g/mol. The molecular formula is C20H17ClN4O4. The highest BCUT2D eigenvalue weighted by Gasteiger charge is 2.48. The van der Waals surface area contributed by atoms with Gasteiger partial charge in [0.1, 0.15) is 29.4 Å². The van der Waals surface area contributed by atoms with Crippen molar-refractivity contribution >= 4 is 34.4 Å². The number of fused-ring (bicyclic) bond motifs is 1. The molecule has 2 N–H and O–H groups in total. The Kier molecular flexibility index (Phi) is 4.71. The van der Waals surface area contributed by atoms with Gasteiger partial charge >= 0.3 is 0 Å². The molecule has 29 heavy (non-hydrogen) atoms. The van der Waals surface area contributed by atoms with Gasteiger partial charge in [-0.3, -0.25) is 24.4 Å². The Morgan fingerprint density at radius 3 is 2.59 bits per heavy atom. The largest absolute Gasteiger partial charge is 0.508 e. The van der Waals surface area contributed by atoms with Crippen molar-refractivity contribution in [1.29, 1.82) is 0 Å². The standard InChI is InChI=1S/C20H17ClN4O4/c1-11-19(28)24(15-5-3-2-4-14(15)22-11)10-16(27)23-25-18(17(21)20(25)29)12-6-8-13(26)9-7-12/h2-9,17-18,26H,10H2,1H3,(H,23,27). The maximum atomic E-state index is 12.6. The van der Waals surface area contributed by atoms with Crippen LogP contribution in [0.15, 0.2) is 53.3 Å². The van der Waals surface area contributed by atoms with E-state index in [1.165, 1.54) is 16.7 Å². The van der Waals surface area contributed by atoms with Crippen LogP contribution in [0, 0.1) is 6.92 Å². The van der Waals surface area contributed by atoms with Crippen molar-refractivity contribution in [3.8, 4) is 5.75 Å². The number of aromatic hydroxyl groups is 1. The number of para-hydroxylation sites is 2. The maximum Gasteiger partial charge on any atom is 0.272 e. The van der Waals surface area contributed by atoms with Crippen molar-refractivity contribution in [2.75, 3.05) is 0 Å². The average Bonchev–Trinajstić information content (AvgIpc) is 2.72. The third-order valence-corrected chi connectivity index (χ3v) is 5.25. The Hall–Kier alpha value is -3.39. The second-order valence-corrected chi connectivity index (χ2v) is 7.23. The highest BCUT2D eigenvalue weighted by molar-refractivity contribution is 6.33. The van der Waals surface area contributed by atoms with Crippen LogP contribution in [-0.2, 0) is 16.1 Å². The number of aryl methyl sites for hydroxylation is 1. The van der Waals surface area contributed by atoms with Gasteiger partial charge in [0.2, 0.25) is 0 Å². The van der Waals surface area contributed by atoms with E-state index in [1.54, 1.807) is 43.3 Å². The summed E-state index contributed by atoms with van der Waals surface area (Å²) in [4.78, 5) is 41.6. The van der Waals surface area contributed by atoms with Crippen LogP contribution in [-0.4, -0.2) is 36.9 Å². The predicted molar refractivity (Wildman–Crippen MR) is 106 cm³/mol. The van der Waals surface area contributed by atoms with Gasteiger partial charge in [-0.1, -0.05) is 24.3 Å². The van der Waals surface area contributed by atoms with Crippen molar-refractivity contribution in [2.45, 2.75) is 24.9 Å². The lowest BCUT2D eigenvalue weighted by atomic mass is 9.95. The Balaban J connectivity index is 1.58. The van der Waals surface area contributed by atoms with E-state index in [-0.39, 0.29) is 23.5 Å². The molecule has 0 radical (unpaired) electrons. The Morgan fingerprint density at radius 1 is 1.17 bits per heavy atom. The summed E-state index contributed by atoms with van der Waals surface area (Å²) in [6, 6.07) is 12.7. The molecule has 8 nitrogen and oxygen atoms in total. The molecule has 0 bridgehead atoms. The molecule has 2 aromatic carbocycles. The van der Waals surface area contributed by atoms with E-state index in [1.807, 2.05) is 0 Å². The van der Waals surface area contributed by atoms with Crippen LogP contribution in [0.2, 0.25) is 0 Å². The summed E-state index contributed by atoms with van der Waals surface area (Å²) in [6.07, 6.45) is 0. The zero-order valence-corrected chi connectivity index (χ0v) is 16.1. The van der Waals surface area contributed by atoms with Crippen molar-refractivity contribution < 1.29 is 14.7 Å². The summed E-state index contributed by atoms with van der Waals surface area (Å²) >= 11 is 6.13. The number of nitrogens with zero attached hydrogens (tertiary/aromatic N) is 3. The summed E-state index contributed by atoms with van der Waals surface area (Å²) < 4.78 is 1.32. The number of nitrogens with one attached hydrogen (secondary N) is 1. The third kappa shape index (κ3) is 3.31. The first-order valence-electron chi connectivity index (χ1n) is 8.88. The first-order valence-corrected chi connectivity index (χ1v) is 9.32. The minimum absolute atomic E-state index is 0.0837. The van der Waals surface area contributed by atoms with Crippen molar-refractivity contribution in [1.82, 2.24) is 20.0 Å². The van der Waals surface area contributed by atoms with E-state index < -0.39 is 23.2 Å². The number of aromatic nitrogens is 2. The van der Waals surface area contributed by atoms with E-state index in [0.717, 1.165) is 5.01 Å². The summed E-state index contributed by atoms with van der Waals surface area (Å²) in [5.41, 5.74) is 4.23. The molecule has 2 unspecified atom stereocenters. The van der Waals surface area contributed by atoms with E-state index >= 15 is 0 Å². The first kappa shape index (κ1) is 18.9. The Morgan fingerprint density at radius 2 is 1.86 bits per heavy atom. The zero-order valence-electron chi connectivity index (χ0n) is 15.4. The van der Waals surface area contributed by atoms with Crippen LogP contribution >= 0.6 is 11.6 Å². The van der Waals surface area contributed by atoms with E-state index in [9.17, 15) is 19.5 Å². The fourth-order valence-corrected chi connectivity index (χ4v) is 3.72. The van der Waals surface area contributed by atoms with Crippen LogP contribution < -0.4 is 11.0 Å². The second-order valence-electron chi connectivity index (χ2n) is 6.76. The van der Waals surface area contributed by atoms with Crippen LogP contribution in [0.5, 0.6) is 5.75 Å². The maximum absolute atomic E-state index is 12.6. The molecule has 1 aliphatic rings. The molecule has 1 aromatic heterocycles. The minimum atomic E-state index is -0.827. The van der Waals surface area contributed by atoms with Crippen LogP contribution in [0.4, 0.5) is 0 Å². The lowest BCUT2D eigenvalue weighted by Gasteiger charge is -2.44. The lowest BCUT2D eigenvalue weighted by Crippen LogP contribution is -2.63. The van der Waals surface area contributed by atoms with Gasteiger partial charge in [-0.05, 0) is 36.8 Å². The number of hydrogen-bond donors (Lipinski definition) is 2. The number of phenolic OH excluding ortho intramolecular Hbond substituents is 1. The molecule has 1 saturated heterocycles. The van der Waals surface area contributed by atoms with Gasteiger partial charge in [0, 0.05) is 0 Å². The highest BCUT2D eigenvalue weighted by atomic mass is 35.5. The summed E-state index contributed by atoms with van der Waals surface area (Å²) in [6.45, 7) is 1.31. The Bertz CT molecular complexity index is 1180. The number of phenols is 1. The fraction of sp³-hybridized carbons (Fsp3) is 0.200. The van der Waals surface area contributed by atoms with E-state index in [2.05, 4.69) is 10.4 Å². The molecule has 1 fully saturated rings. The Labute approximate surface area is 170 Å². The van der Waals surface area contributed by atoms with Gasteiger partial charge in [-0.15, -0.1) is 11.6 Å². The lowest BCUT2D eigenvalue weighted by molar-refractivity contribution is -0.156. The molecule has 1 aliphatic heterocycles. The minimum Gasteiger partial charge on any atom is -0.508 e. The van der Waals surface area contributed by atoms with Crippen molar-refractivity contribution in [3.63, 3.8) is 0 Å². The number of carbonyl (C=O) groups excluding carboxylic acids is 2. The third-order valence-electron chi connectivity index (χ3n) is 4.83. The molecule has 0 spiro atoms. The quantitative estimate of drug-likeness (QED) is 0.500. The first-order chi connectivity index (χ1) is 13.9. The number of β-lactam (4-membered cyclic amide) rings is 1. The smallest absolute Gasteiger partial charge is 0.272 e. The molecule has 0 saturated carbocycles. The molecule has 9 heteroatoms. The monoisotopic (exact) mass is 412 g/mol. The predicted octanol–water partition coefficient (Wildman–Crippen LogP) is 1.63. The SMILES string of the molecule is Cc1nc2ccccc2n(CC(=O)NN2C(=O)C(Cl)C2c2ccc(O)cc2)c1=O. The zero-order chi connectivity index (χ0) is 20.7. The number of amides is 2. The summed E-state index contributed by atoms with van der Waals surface area (Å²) in [7, 11) is 0. The molecule has 2 atom stereocenters. The average molecular weight is 413 g/mol. The molecule has 2 heterocycles. The molecule has 2 amide bonds. The summed E-state index contributed by atoms with van der Waals surface area (Å²) in [5.74, 6) is -0.898. The van der Waals surface area contributed by atoms with Crippen LogP contribution in [0.25, 0.3) is 11.0 Å². The van der Waals surface area contributed by atoms with E-state index in [0.29, 0.717) is 16.6 Å². The van der Waals surface area contributed by atoms with E-state index in [4.69, 9.17) is 11.6 Å². The topological polar surface area (TPSA) is 105 Å². The number of hydrazine groups is 1. The van der Waals surface area contributed by atoms with Gasteiger partial charge in [-0.2, -0.15) is 0 Å². The van der Waals surface area contributed by atoms with Gasteiger partial charge < -0.3 is 5.11 Å².